The van der Waals surface area contributed by atoms with Crippen LogP contribution in [-0.4, -0.2) is 13.0 Å². The fourth-order valence-electron chi connectivity index (χ4n) is 0.833. The van der Waals surface area contributed by atoms with Crippen LogP contribution in [0.1, 0.15) is 0 Å². The Morgan fingerprint density at radius 2 is 2.23 bits per heavy atom. The molecule has 3 nitrogen and oxygen atoms in total. The summed E-state index contributed by atoms with van der Waals surface area (Å²) in [6.45, 7) is 0. The number of rotatable bonds is 1. The van der Waals surface area contributed by atoms with Gasteiger partial charge in [-0.15, -0.1) is 0 Å². The molecule has 1 aromatic carbocycles. The predicted octanol–water partition coefficient (Wildman–Crippen LogP) is 2.27. The number of nitrogens with one attached hydrogen (secondary N) is 1. The highest BCUT2D eigenvalue weighted by atomic mass is 127. The van der Waals surface area contributed by atoms with Gasteiger partial charge >= 0.3 is 0 Å². The van der Waals surface area contributed by atoms with Crippen molar-refractivity contribution in [3.05, 3.63) is 26.8 Å². The average molecular weight is 310 g/mol. The molecule has 5 heteroatoms. The van der Waals surface area contributed by atoms with Crippen molar-refractivity contribution in [3.63, 3.8) is 0 Å². The summed E-state index contributed by atoms with van der Waals surface area (Å²) in [5, 5.41) is 7.89. The maximum absolute atomic E-state index is 7.22. The lowest BCUT2D eigenvalue weighted by Gasteiger charge is -2.16. The lowest BCUT2D eigenvalue weighted by Crippen LogP contribution is -2.32. The van der Waals surface area contributed by atoms with Crippen molar-refractivity contribution in [2.24, 2.45) is 5.73 Å². The number of hydrogen-bond acceptors (Lipinski definition) is 1. The predicted molar refractivity (Wildman–Crippen MR) is 64.5 cm³/mol. The Hall–Kier alpha value is -0.490. The van der Waals surface area contributed by atoms with E-state index < -0.39 is 0 Å². The van der Waals surface area contributed by atoms with E-state index in [1.54, 1.807) is 18.0 Å². The van der Waals surface area contributed by atoms with Crippen LogP contribution >= 0.6 is 34.2 Å². The van der Waals surface area contributed by atoms with Gasteiger partial charge in [0.05, 0.1) is 5.02 Å². The first kappa shape index (κ1) is 10.6. The molecule has 0 aliphatic carbocycles. The first-order chi connectivity index (χ1) is 6.02. The molecule has 0 aliphatic heterocycles. The summed E-state index contributed by atoms with van der Waals surface area (Å²) >= 11 is 8.06. The van der Waals surface area contributed by atoms with Crippen LogP contribution < -0.4 is 10.6 Å². The Morgan fingerprint density at radius 1 is 1.62 bits per heavy atom. The smallest absolute Gasteiger partial charge is 0.192 e. The summed E-state index contributed by atoms with van der Waals surface area (Å²) in [4.78, 5) is 1.56. The van der Waals surface area contributed by atoms with E-state index in [4.69, 9.17) is 22.7 Å². The summed E-state index contributed by atoms with van der Waals surface area (Å²) in [5.41, 5.74) is 6.14. The molecule has 0 aromatic heterocycles. The molecule has 0 radical (unpaired) electrons. The second-order valence-electron chi connectivity index (χ2n) is 2.54. The molecule has 0 saturated carbocycles. The van der Waals surface area contributed by atoms with Gasteiger partial charge in [-0.05, 0) is 40.8 Å². The van der Waals surface area contributed by atoms with Gasteiger partial charge in [-0.1, -0.05) is 11.6 Å². The maximum atomic E-state index is 7.22. The normalized spacial score (nSPS) is 9.77. The molecule has 0 fully saturated rings. The number of guanidine groups is 1. The number of nitrogens with zero attached hydrogens (tertiary/aromatic N) is 1. The molecule has 0 bridgehead atoms. The molecule has 0 atom stereocenters. The van der Waals surface area contributed by atoms with Gasteiger partial charge in [0, 0.05) is 16.3 Å². The number of benzene rings is 1. The van der Waals surface area contributed by atoms with Crippen molar-refractivity contribution in [2.75, 3.05) is 11.9 Å². The highest BCUT2D eigenvalue weighted by molar-refractivity contribution is 14.1. The van der Waals surface area contributed by atoms with E-state index in [2.05, 4.69) is 22.6 Å². The second-order valence-corrected chi connectivity index (χ2v) is 4.11. The van der Waals surface area contributed by atoms with Gasteiger partial charge in [0.15, 0.2) is 5.96 Å². The quantitative estimate of drug-likeness (QED) is 0.475. The summed E-state index contributed by atoms with van der Waals surface area (Å²) in [6, 6.07) is 5.54. The summed E-state index contributed by atoms with van der Waals surface area (Å²) in [7, 11) is 1.72. The number of nitrogens with two attached hydrogens (primary N) is 1. The Morgan fingerprint density at radius 3 is 2.69 bits per heavy atom. The molecule has 1 aromatic rings. The molecule has 70 valence electrons. The van der Waals surface area contributed by atoms with Gasteiger partial charge in [-0.3, -0.25) is 5.41 Å². The van der Waals surface area contributed by atoms with Gasteiger partial charge in [0.2, 0.25) is 0 Å². The van der Waals surface area contributed by atoms with Crippen LogP contribution in [0.15, 0.2) is 18.2 Å². The van der Waals surface area contributed by atoms with Crippen LogP contribution in [0.4, 0.5) is 5.69 Å². The molecular weight excluding hydrogens is 300 g/mol. The topological polar surface area (TPSA) is 53.1 Å². The fraction of sp³-hybridized carbons (Fsp3) is 0.125. The molecule has 13 heavy (non-hydrogen) atoms. The average Bonchev–Trinajstić information content (AvgIpc) is 2.08. The number of anilines is 1. The first-order valence-corrected chi connectivity index (χ1v) is 5.01. The van der Waals surface area contributed by atoms with E-state index in [1.807, 2.05) is 12.1 Å². The fourth-order valence-corrected chi connectivity index (χ4v) is 1.34. The number of halogens is 2. The molecule has 0 aliphatic rings. The number of hydrogen-bond donors (Lipinski definition) is 2. The lowest BCUT2D eigenvalue weighted by molar-refractivity contribution is 1.20. The highest BCUT2D eigenvalue weighted by Crippen LogP contribution is 2.23. The van der Waals surface area contributed by atoms with E-state index in [0.717, 1.165) is 9.26 Å². The standard InChI is InChI=1S/C8H9ClIN3/c1-13(8(11)12)5-2-3-7(10)6(9)4-5/h2-4H,1H3,(H3,11,12). The first-order valence-electron chi connectivity index (χ1n) is 3.55. The van der Waals surface area contributed by atoms with E-state index >= 15 is 0 Å². The maximum Gasteiger partial charge on any atom is 0.192 e. The van der Waals surface area contributed by atoms with Gasteiger partial charge in [-0.25, -0.2) is 0 Å². The minimum absolute atomic E-state index is 0.00252. The van der Waals surface area contributed by atoms with Crippen LogP contribution in [0, 0.1) is 8.98 Å². The summed E-state index contributed by atoms with van der Waals surface area (Å²) in [6.07, 6.45) is 0. The summed E-state index contributed by atoms with van der Waals surface area (Å²) in [5.74, 6) is -0.00252. The Labute approximate surface area is 95.5 Å². The molecular formula is C8H9ClIN3. The van der Waals surface area contributed by atoms with Crippen LogP contribution in [0.2, 0.25) is 5.02 Å². The van der Waals surface area contributed by atoms with Crippen molar-refractivity contribution in [3.8, 4) is 0 Å². The van der Waals surface area contributed by atoms with Crippen LogP contribution in [0.25, 0.3) is 0 Å². The molecule has 0 unspecified atom stereocenters. The van der Waals surface area contributed by atoms with E-state index in [9.17, 15) is 0 Å². The van der Waals surface area contributed by atoms with Crippen LogP contribution in [-0.2, 0) is 0 Å². The largest absolute Gasteiger partial charge is 0.370 e. The second kappa shape index (κ2) is 4.15. The highest BCUT2D eigenvalue weighted by Gasteiger charge is 2.05. The third-order valence-corrected chi connectivity index (χ3v) is 3.22. The molecule has 0 spiro atoms. The lowest BCUT2D eigenvalue weighted by atomic mass is 10.3. The van der Waals surface area contributed by atoms with Gasteiger partial charge in [0.1, 0.15) is 0 Å². The minimum atomic E-state index is -0.00252. The Bertz CT molecular complexity index is 340. The third-order valence-electron chi connectivity index (χ3n) is 1.65. The van der Waals surface area contributed by atoms with Crippen LogP contribution in [0.5, 0.6) is 0 Å². The molecule has 0 amide bonds. The Balaban J connectivity index is 3.03. The van der Waals surface area contributed by atoms with E-state index in [1.165, 1.54) is 0 Å². The zero-order valence-electron chi connectivity index (χ0n) is 7.01. The monoisotopic (exact) mass is 309 g/mol. The van der Waals surface area contributed by atoms with Crippen LogP contribution in [0.3, 0.4) is 0 Å². The van der Waals surface area contributed by atoms with Crippen molar-refractivity contribution in [1.29, 1.82) is 5.41 Å². The SMILES string of the molecule is CN(C(=N)N)c1ccc(I)c(Cl)c1. The van der Waals surface area contributed by atoms with Gasteiger partial charge in [0.25, 0.3) is 0 Å². The summed E-state index contributed by atoms with van der Waals surface area (Å²) < 4.78 is 0.986. The zero-order chi connectivity index (χ0) is 10.0. The minimum Gasteiger partial charge on any atom is -0.370 e. The molecule has 0 heterocycles. The molecule has 0 saturated heterocycles. The Kier molecular flexibility index (Phi) is 3.38. The third kappa shape index (κ3) is 2.47. The van der Waals surface area contributed by atoms with Crippen molar-refractivity contribution in [1.82, 2.24) is 0 Å². The van der Waals surface area contributed by atoms with Crippen molar-refractivity contribution < 1.29 is 0 Å². The van der Waals surface area contributed by atoms with Crippen molar-refractivity contribution in [2.45, 2.75) is 0 Å². The van der Waals surface area contributed by atoms with Crippen molar-refractivity contribution >= 4 is 45.8 Å². The van der Waals surface area contributed by atoms with Gasteiger partial charge in [-0.2, -0.15) is 0 Å². The van der Waals surface area contributed by atoms with E-state index in [0.29, 0.717) is 5.02 Å². The van der Waals surface area contributed by atoms with Gasteiger partial charge < -0.3 is 10.6 Å². The molecule has 1 rings (SSSR count). The van der Waals surface area contributed by atoms with E-state index in [-0.39, 0.29) is 5.96 Å². The zero-order valence-corrected chi connectivity index (χ0v) is 9.93. The molecule has 3 N–H and O–H groups in total.